The van der Waals surface area contributed by atoms with Crippen molar-refractivity contribution in [3.05, 3.63) is 24.3 Å². The maximum Gasteiger partial charge on any atom is 0.164 e. The van der Waals surface area contributed by atoms with Crippen molar-refractivity contribution in [1.29, 1.82) is 0 Å². The summed E-state index contributed by atoms with van der Waals surface area (Å²) < 4.78 is 16.0. The molecule has 0 amide bonds. The Hall–Kier alpha value is -1.64. The molecule has 0 saturated carbocycles. The van der Waals surface area contributed by atoms with Crippen molar-refractivity contribution < 1.29 is 14.2 Å². The Morgan fingerprint density at radius 3 is 2.19 bits per heavy atom. The molecule has 1 aromatic rings. The first-order chi connectivity index (χ1) is 7.63. The van der Waals surface area contributed by atoms with E-state index in [2.05, 4.69) is 6.58 Å². The zero-order valence-corrected chi connectivity index (χ0v) is 10.3. The van der Waals surface area contributed by atoms with Crippen LogP contribution in [0.5, 0.6) is 17.2 Å². The molecule has 0 fully saturated rings. The molecule has 0 heterocycles. The summed E-state index contributed by atoms with van der Waals surface area (Å²) >= 11 is 0. The molecular formula is C13H18O3. The van der Waals surface area contributed by atoms with Crippen LogP contribution < -0.4 is 14.2 Å². The van der Waals surface area contributed by atoms with Gasteiger partial charge in [-0.15, -0.1) is 0 Å². The van der Waals surface area contributed by atoms with Crippen LogP contribution >= 0.6 is 0 Å². The lowest BCUT2D eigenvalue weighted by Gasteiger charge is -2.14. The van der Waals surface area contributed by atoms with Gasteiger partial charge in [-0.25, -0.2) is 0 Å². The number of hydrogen-bond acceptors (Lipinski definition) is 3. The summed E-state index contributed by atoms with van der Waals surface area (Å²) in [5.41, 5.74) is 1.86. The number of methoxy groups -OCH3 is 2. The summed E-state index contributed by atoms with van der Waals surface area (Å²) in [6.07, 6.45) is 0. The van der Waals surface area contributed by atoms with Gasteiger partial charge in [-0.3, -0.25) is 0 Å². The van der Waals surface area contributed by atoms with Crippen LogP contribution in [0.4, 0.5) is 0 Å². The minimum Gasteiger partial charge on any atom is -0.496 e. The fourth-order valence-electron chi connectivity index (χ4n) is 1.47. The average Bonchev–Trinajstić information content (AvgIpc) is 2.28. The van der Waals surface area contributed by atoms with Crippen LogP contribution in [-0.4, -0.2) is 20.8 Å². The van der Waals surface area contributed by atoms with Gasteiger partial charge in [0.15, 0.2) is 11.5 Å². The number of allylic oxidation sites excluding steroid dienone is 1. The topological polar surface area (TPSA) is 27.7 Å². The molecule has 1 aromatic carbocycles. The third kappa shape index (κ3) is 2.48. The van der Waals surface area contributed by atoms with Crippen molar-refractivity contribution in [2.45, 2.75) is 13.8 Å². The highest BCUT2D eigenvalue weighted by Crippen LogP contribution is 2.37. The van der Waals surface area contributed by atoms with E-state index in [0.717, 1.165) is 16.9 Å². The average molecular weight is 222 g/mol. The van der Waals surface area contributed by atoms with E-state index in [0.29, 0.717) is 18.1 Å². The number of rotatable bonds is 5. The Bertz CT molecular complexity index is 383. The van der Waals surface area contributed by atoms with Crippen LogP contribution in [0.3, 0.4) is 0 Å². The number of ether oxygens (including phenoxy) is 3. The largest absolute Gasteiger partial charge is 0.496 e. The van der Waals surface area contributed by atoms with Crippen molar-refractivity contribution >= 4 is 5.57 Å². The van der Waals surface area contributed by atoms with E-state index >= 15 is 0 Å². The van der Waals surface area contributed by atoms with Gasteiger partial charge in [0.25, 0.3) is 0 Å². The highest BCUT2D eigenvalue weighted by molar-refractivity contribution is 5.70. The lowest BCUT2D eigenvalue weighted by Crippen LogP contribution is -1.98. The smallest absolute Gasteiger partial charge is 0.164 e. The van der Waals surface area contributed by atoms with E-state index in [1.807, 2.05) is 26.0 Å². The summed E-state index contributed by atoms with van der Waals surface area (Å²) in [5.74, 6) is 2.13. The molecule has 0 aromatic heterocycles. The molecule has 0 aliphatic rings. The van der Waals surface area contributed by atoms with Crippen molar-refractivity contribution in [2.75, 3.05) is 20.8 Å². The molecule has 0 N–H and O–H groups in total. The maximum absolute atomic E-state index is 5.47. The molecule has 0 aliphatic heterocycles. The molecule has 0 spiro atoms. The van der Waals surface area contributed by atoms with E-state index in [9.17, 15) is 0 Å². The predicted octanol–water partition coefficient (Wildman–Crippen LogP) is 3.14. The molecule has 0 radical (unpaired) electrons. The van der Waals surface area contributed by atoms with Crippen LogP contribution in [0.1, 0.15) is 19.4 Å². The summed E-state index contributed by atoms with van der Waals surface area (Å²) in [4.78, 5) is 0. The van der Waals surface area contributed by atoms with E-state index < -0.39 is 0 Å². The summed E-state index contributed by atoms with van der Waals surface area (Å²) in [5, 5.41) is 0. The predicted molar refractivity (Wildman–Crippen MR) is 65.4 cm³/mol. The molecule has 0 aliphatic carbocycles. The zero-order valence-electron chi connectivity index (χ0n) is 10.3. The van der Waals surface area contributed by atoms with Gasteiger partial charge in [-0.2, -0.15) is 0 Å². The van der Waals surface area contributed by atoms with Gasteiger partial charge in [0.1, 0.15) is 5.75 Å². The maximum atomic E-state index is 5.47. The third-order valence-electron chi connectivity index (χ3n) is 2.25. The number of benzene rings is 1. The first kappa shape index (κ1) is 12.4. The van der Waals surface area contributed by atoms with Crippen LogP contribution in [-0.2, 0) is 0 Å². The van der Waals surface area contributed by atoms with Crippen molar-refractivity contribution in [2.24, 2.45) is 0 Å². The highest BCUT2D eigenvalue weighted by atomic mass is 16.5. The summed E-state index contributed by atoms with van der Waals surface area (Å²) in [6, 6.07) is 3.71. The van der Waals surface area contributed by atoms with Crippen LogP contribution in [0, 0.1) is 0 Å². The molecule has 3 nitrogen and oxygen atoms in total. The van der Waals surface area contributed by atoms with Gasteiger partial charge in [0, 0.05) is 11.6 Å². The first-order valence-corrected chi connectivity index (χ1v) is 5.18. The first-order valence-electron chi connectivity index (χ1n) is 5.18. The van der Waals surface area contributed by atoms with Crippen LogP contribution in [0.2, 0.25) is 0 Å². The van der Waals surface area contributed by atoms with Gasteiger partial charge in [-0.1, -0.05) is 6.58 Å². The Kier molecular flexibility index (Phi) is 4.23. The molecule has 0 saturated heterocycles. The second kappa shape index (κ2) is 5.45. The van der Waals surface area contributed by atoms with E-state index in [-0.39, 0.29) is 0 Å². The molecule has 3 heteroatoms. The second-order valence-corrected chi connectivity index (χ2v) is 3.42. The molecule has 0 bridgehead atoms. The van der Waals surface area contributed by atoms with E-state index in [1.54, 1.807) is 14.2 Å². The monoisotopic (exact) mass is 222 g/mol. The van der Waals surface area contributed by atoms with Gasteiger partial charge in [-0.05, 0) is 25.5 Å². The Balaban J connectivity index is 3.28. The fraction of sp³-hybridized carbons (Fsp3) is 0.385. The lowest BCUT2D eigenvalue weighted by molar-refractivity contribution is 0.307. The van der Waals surface area contributed by atoms with Crippen LogP contribution in [0.15, 0.2) is 18.7 Å². The van der Waals surface area contributed by atoms with Gasteiger partial charge in [0.05, 0.1) is 20.8 Å². The molecule has 88 valence electrons. The molecule has 16 heavy (non-hydrogen) atoms. The van der Waals surface area contributed by atoms with Gasteiger partial charge < -0.3 is 14.2 Å². The van der Waals surface area contributed by atoms with Crippen molar-refractivity contribution in [3.8, 4) is 17.2 Å². The quantitative estimate of drug-likeness (QED) is 0.766. The molecule has 1 rings (SSSR count). The minimum absolute atomic E-state index is 0.589. The molecule has 0 atom stereocenters. The Morgan fingerprint density at radius 1 is 1.12 bits per heavy atom. The molecule has 0 unspecified atom stereocenters. The van der Waals surface area contributed by atoms with Gasteiger partial charge in [0.2, 0.25) is 0 Å². The van der Waals surface area contributed by atoms with Gasteiger partial charge >= 0.3 is 0 Å². The Labute approximate surface area is 96.6 Å². The molecular weight excluding hydrogens is 204 g/mol. The third-order valence-corrected chi connectivity index (χ3v) is 2.25. The number of hydrogen-bond donors (Lipinski definition) is 0. The summed E-state index contributed by atoms with van der Waals surface area (Å²) in [6.45, 7) is 8.36. The van der Waals surface area contributed by atoms with Crippen molar-refractivity contribution in [1.82, 2.24) is 0 Å². The highest BCUT2D eigenvalue weighted by Gasteiger charge is 2.12. The fourth-order valence-corrected chi connectivity index (χ4v) is 1.47. The van der Waals surface area contributed by atoms with E-state index in [1.165, 1.54) is 0 Å². The van der Waals surface area contributed by atoms with Crippen molar-refractivity contribution in [3.63, 3.8) is 0 Å². The normalized spacial score (nSPS) is 9.75. The minimum atomic E-state index is 0.589. The second-order valence-electron chi connectivity index (χ2n) is 3.42. The SMILES string of the molecule is C=C(C)c1cc(OC)c(OCC)cc1OC. The summed E-state index contributed by atoms with van der Waals surface area (Å²) in [7, 11) is 3.25. The standard InChI is InChI=1S/C13H18O3/c1-6-16-13-8-11(14-4)10(9(2)3)7-12(13)15-5/h7-8H,2,6H2,1,3-5H3. The lowest BCUT2D eigenvalue weighted by atomic mass is 10.1. The Morgan fingerprint density at radius 2 is 1.75 bits per heavy atom. The zero-order chi connectivity index (χ0) is 12.1. The van der Waals surface area contributed by atoms with Crippen LogP contribution in [0.25, 0.3) is 5.57 Å². The van der Waals surface area contributed by atoms with E-state index in [4.69, 9.17) is 14.2 Å².